The molecule has 2 fully saturated rings. The number of halogens is 1. The minimum atomic E-state index is 0.0105. The predicted molar refractivity (Wildman–Crippen MR) is 45.0 cm³/mol. The molecule has 1 saturated carbocycles. The molecule has 0 radical (unpaired) electrons. The average molecular weight is 252 g/mol. The van der Waals surface area contributed by atoms with Crippen molar-refractivity contribution in [1.82, 2.24) is 0 Å². The molecule has 56 valence electrons. The molecule has 3 atom stereocenters. The molecule has 1 heterocycles. The van der Waals surface area contributed by atoms with Crippen molar-refractivity contribution in [3.63, 3.8) is 0 Å². The number of fused-ring (bicyclic) bond motifs is 1. The fourth-order valence-electron chi connectivity index (χ4n) is 1.80. The predicted octanol–water partition coefficient (Wildman–Crippen LogP) is 1.52. The monoisotopic (exact) mass is 252 g/mol. The molecule has 2 rings (SSSR count). The van der Waals surface area contributed by atoms with Gasteiger partial charge >= 0.3 is 5.97 Å². The lowest BCUT2D eigenvalue weighted by molar-refractivity contribution is -0.141. The van der Waals surface area contributed by atoms with E-state index in [1.54, 1.807) is 0 Å². The van der Waals surface area contributed by atoms with E-state index in [0.29, 0.717) is 16.3 Å². The zero-order chi connectivity index (χ0) is 7.14. The van der Waals surface area contributed by atoms with Crippen LogP contribution in [0.5, 0.6) is 0 Å². The summed E-state index contributed by atoms with van der Waals surface area (Å²) < 4.78 is 5.73. The molecule has 0 aromatic carbocycles. The molecule has 0 aromatic heterocycles. The van der Waals surface area contributed by atoms with Gasteiger partial charge in [0.05, 0.1) is 6.42 Å². The van der Waals surface area contributed by atoms with E-state index in [1.807, 2.05) is 0 Å². The van der Waals surface area contributed by atoms with E-state index in [4.69, 9.17) is 4.74 Å². The molecule has 1 aliphatic carbocycles. The lowest BCUT2D eigenvalue weighted by atomic mass is 10.1. The Hall–Kier alpha value is 0.200. The minimum Gasteiger partial charge on any atom is -0.461 e. The van der Waals surface area contributed by atoms with Crippen LogP contribution in [0.4, 0.5) is 0 Å². The summed E-state index contributed by atoms with van der Waals surface area (Å²) in [6.45, 7) is 0. The molecule has 2 aliphatic rings. The van der Waals surface area contributed by atoms with Crippen LogP contribution in [0.25, 0.3) is 0 Å². The summed E-state index contributed by atoms with van der Waals surface area (Å²) in [5.74, 6) is 0.561. The van der Waals surface area contributed by atoms with E-state index in [9.17, 15) is 4.79 Å². The van der Waals surface area contributed by atoms with Crippen LogP contribution in [0.15, 0.2) is 0 Å². The largest absolute Gasteiger partial charge is 0.461 e. The Kier molecular flexibility index (Phi) is 1.62. The van der Waals surface area contributed by atoms with Gasteiger partial charge in [0, 0.05) is 9.84 Å². The van der Waals surface area contributed by atoms with Crippen LogP contribution in [0.3, 0.4) is 0 Å². The number of alkyl halides is 1. The molecule has 0 unspecified atom stereocenters. The van der Waals surface area contributed by atoms with E-state index < -0.39 is 0 Å². The number of hydrogen-bond acceptors (Lipinski definition) is 2. The Morgan fingerprint density at radius 3 is 3.00 bits per heavy atom. The molecule has 0 N–H and O–H groups in total. The highest BCUT2D eigenvalue weighted by molar-refractivity contribution is 14.1. The van der Waals surface area contributed by atoms with E-state index in [1.165, 1.54) is 12.8 Å². The lowest BCUT2D eigenvalue weighted by Gasteiger charge is -2.09. The van der Waals surface area contributed by atoms with Crippen molar-refractivity contribution in [1.29, 1.82) is 0 Å². The first-order valence-electron chi connectivity index (χ1n) is 3.61. The maximum atomic E-state index is 10.8. The third kappa shape index (κ3) is 0.946. The van der Waals surface area contributed by atoms with Crippen molar-refractivity contribution in [3.05, 3.63) is 0 Å². The van der Waals surface area contributed by atoms with Crippen molar-refractivity contribution in [2.45, 2.75) is 29.3 Å². The molecular weight excluding hydrogens is 243 g/mol. The summed E-state index contributed by atoms with van der Waals surface area (Å²) in [5, 5.41) is 0. The van der Waals surface area contributed by atoms with Crippen molar-refractivity contribution in [3.8, 4) is 0 Å². The molecule has 2 nitrogen and oxygen atoms in total. The summed E-state index contributed by atoms with van der Waals surface area (Å²) in [7, 11) is 0. The Morgan fingerprint density at radius 2 is 2.30 bits per heavy atom. The quantitative estimate of drug-likeness (QED) is 0.371. The molecule has 0 bridgehead atoms. The third-order valence-electron chi connectivity index (χ3n) is 2.33. The number of carbonyl (C=O) groups excluding carboxylic acids is 1. The van der Waals surface area contributed by atoms with Crippen molar-refractivity contribution < 1.29 is 9.53 Å². The smallest absolute Gasteiger partial charge is 0.306 e. The molecule has 1 saturated heterocycles. The van der Waals surface area contributed by atoms with Gasteiger partial charge in [0.1, 0.15) is 6.10 Å². The van der Waals surface area contributed by atoms with Crippen LogP contribution >= 0.6 is 22.6 Å². The van der Waals surface area contributed by atoms with Crippen LogP contribution in [0, 0.1) is 5.92 Å². The fraction of sp³-hybridized carbons (Fsp3) is 0.857. The van der Waals surface area contributed by atoms with Gasteiger partial charge in [-0.25, -0.2) is 0 Å². The standard InChI is InChI=1S/C7H9IO2/c8-5-2-1-4-3-6(9)10-7(4)5/h4-5,7H,1-3H2/t4-,5+,7+/m1/s1. The van der Waals surface area contributed by atoms with Crippen molar-refractivity contribution >= 4 is 28.6 Å². The maximum absolute atomic E-state index is 10.8. The number of carbonyl (C=O) groups is 1. The first kappa shape index (κ1) is 6.88. The summed E-state index contributed by atoms with van der Waals surface area (Å²) in [4.78, 5) is 10.8. The number of ether oxygens (including phenoxy) is 1. The minimum absolute atomic E-state index is 0.0105. The van der Waals surface area contributed by atoms with Gasteiger partial charge in [0.2, 0.25) is 0 Å². The van der Waals surface area contributed by atoms with E-state index in [2.05, 4.69) is 22.6 Å². The summed E-state index contributed by atoms with van der Waals surface area (Å²) in [6.07, 6.45) is 3.34. The van der Waals surface area contributed by atoms with Crippen molar-refractivity contribution in [2.24, 2.45) is 5.92 Å². The second-order valence-corrected chi connectivity index (χ2v) is 4.61. The van der Waals surface area contributed by atoms with Crippen LogP contribution < -0.4 is 0 Å². The Bertz CT molecular complexity index is 169. The highest BCUT2D eigenvalue weighted by Gasteiger charge is 2.43. The number of rotatable bonds is 0. The zero-order valence-corrected chi connectivity index (χ0v) is 7.71. The number of hydrogen-bond donors (Lipinski definition) is 0. The highest BCUT2D eigenvalue weighted by Crippen LogP contribution is 2.40. The molecule has 0 spiro atoms. The summed E-state index contributed by atoms with van der Waals surface area (Å²) >= 11 is 2.38. The molecule has 1 aliphatic heterocycles. The van der Waals surface area contributed by atoms with E-state index in [0.717, 1.165) is 0 Å². The van der Waals surface area contributed by atoms with Gasteiger partial charge in [-0.2, -0.15) is 0 Å². The normalized spacial score (nSPS) is 45.3. The second kappa shape index (κ2) is 2.36. The Balaban J connectivity index is 2.12. The zero-order valence-electron chi connectivity index (χ0n) is 5.55. The molecule has 0 aromatic rings. The van der Waals surface area contributed by atoms with Gasteiger partial charge in [-0.3, -0.25) is 4.79 Å². The second-order valence-electron chi connectivity index (χ2n) is 3.01. The molecular formula is C7H9IO2. The summed E-state index contributed by atoms with van der Waals surface area (Å²) in [6, 6.07) is 0. The van der Waals surface area contributed by atoms with Gasteiger partial charge in [-0.1, -0.05) is 22.6 Å². The SMILES string of the molecule is O=C1C[C@H]2CC[C@H](I)[C@H]2O1. The number of esters is 1. The van der Waals surface area contributed by atoms with Gasteiger partial charge in [0.25, 0.3) is 0 Å². The van der Waals surface area contributed by atoms with E-state index in [-0.39, 0.29) is 12.1 Å². The Morgan fingerprint density at radius 1 is 1.50 bits per heavy atom. The summed E-state index contributed by atoms with van der Waals surface area (Å²) in [5.41, 5.74) is 0. The van der Waals surface area contributed by atoms with Gasteiger partial charge in [-0.05, 0) is 12.8 Å². The van der Waals surface area contributed by atoms with Crippen molar-refractivity contribution in [2.75, 3.05) is 0 Å². The maximum Gasteiger partial charge on any atom is 0.306 e. The fourth-order valence-corrected chi connectivity index (χ4v) is 2.89. The lowest BCUT2D eigenvalue weighted by Crippen LogP contribution is -2.17. The van der Waals surface area contributed by atoms with Crippen LogP contribution in [-0.2, 0) is 9.53 Å². The highest BCUT2D eigenvalue weighted by atomic mass is 127. The average Bonchev–Trinajstić information content (AvgIpc) is 2.35. The van der Waals surface area contributed by atoms with Gasteiger partial charge in [-0.15, -0.1) is 0 Å². The van der Waals surface area contributed by atoms with Gasteiger partial charge < -0.3 is 4.74 Å². The van der Waals surface area contributed by atoms with Crippen LogP contribution in [-0.4, -0.2) is 16.0 Å². The van der Waals surface area contributed by atoms with E-state index >= 15 is 0 Å². The van der Waals surface area contributed by atoms with Gasteiger partial charge in [0.15, 0.2) is 0 Å². The molecule has 3 heteroatoms. The topological polar surface area (TPSA) is 26.3 Å². The van der Waals surface area contributed by atoms with Crippen LogP contribution in [0.2, 0.25) is 0 Å². The van der Waals surface area contributed by atoms with Crippen LogP contribution in [0.1, 0.15) is 19.3 Å². The molecule has 10 heavy (non-hydrogen) atoms. The first-order valence-corrected chi connectivity index (χ1v) is 4.85. The Labute approximate surface area is 73.5 Å². The first-order chi connectivity index (χ1) is 4.77. The third-order valence-corrected chi connectivity index (χ3v) is 3.66. The molecule has 0 amide bonds.